The van der Waals surface area contributed by atoms with Crippen LogP contribution in [0.1, 0.15) is 24.4 Å². The Kier molecular flexibility index (Phi) is 3.43. The second-order valence-electron chi connectivity index (χ2n) is 3.67. The van der Waals surface area contributed by atoms with Gasteiger partial charge in [0.15, 0.2) is 0 Å². The molecule has 17 heavy (non-hydrogen) atoms. The van der Waals surface area contributed by atoms with Gasteiger partial charge in [-0.05, 0) is 19.1 Å². The molecular weight excluding hydrogens is 226 g/mol. The molecular formula is C11H12F2N4. The Morgan fingerprint density at radius 2 is 2.06 bits per heavy atom. The summed E-state index contributed by atoms with van der Waals surface area (Å²) in [6, 6.07) is 3.66. The number of aromatic nitrogens is 3. The molecule has 6 heteroatoms. The molecule has 4 nitrogen and oxygen atoms in total. The van der Waals surface area contributed by atoms with E-state index in [0.717, 1.165) is 0 Å². The summed E-state index contributed by atoms with van der Waals surface area (Å²) >= 11 is 0. The fourth-order valence-corrected chi connectivity index (χ4v) is 1.48. The van der Waals surface area contributed by atoms with E-state index in [2.05, 4.69) is 20.5 Å². The van der Waals surface area contributed by atoms with Crippen LogP contribution in [0.5, 0.6) is 0 Å². The predicted octanol–water partition coefficient (Wildman–Crippen LogP) is 1.93. The van der Waals surface area contributed by atoms with E-state index in [9.17, 15) is 8.78 Å². The van der Waals surface area contributed by atoms with E-state index >= 15 is 0 Å². The average molecular weight is 238 g/mol. The van der Waals surface area contributed by atoms with Gasteiger partial charge in [0.25, 0.3) is 0 Å². The topological polar surface area (TPSA) is 53.6 Å². The molecule has 90 valence electrons. The van der Waals surface area contributed by atoms with Crippen molar-refractivity contribution in [3.8, 4) is 0 Å². The minimum absolute atomic E-state index is 0.0267. The first-order valence-corrected chi connectivity index (χ1v) is 5.20. The summed E-state index contributed by atoms with van der Waals surface area (Å²) < 4.78 is 26.7. The van der Waals surface area contributed by atoms with Crippen molar-refractivity contribution in [2.24, 2.45) is 0 Å². The number of hydrogen-bond donors (Lipinski definition) is 2. The van der Waals surface area contributed by atoms with Crippen molar-refractivity contribution in [2.75, 3.05) is 0 Å². The van der Waals surface area contributed by atoms with E-state index in [1.54, 1.807) is 0 Å². The number of rotatable bonds is 4. The molecule has 1 atom stereocenters. The summed E-state index contributed by atoms with van der Waals surface area (Å²) in [6.45, 7) is 1.93. The fourth-order valence-electron chi connectivity index (χ4n) is 1.48. The molecule has 2 N–H and O–H groups in total. The normalized spacial score (nSPS) is 12.6. The third kappa shape index (κ3) is 2.65. The molecule has 1 unspecified atom stereocenters. The minimum Gasteiger partial charge on any atom is -0.303 e. The molecule has 0 spiro atoms. The Balaban J connectivity index is 2.03. The average Bonchev–Trinajstić information content (AvgIpc) is 2.81. The molecule has 0 radical (unpaired) electrons. The van der Waals surface area contributed by atoms with Crippen LogP contribution in [0.2, 0.25) is 0 Å². The van der Waals surface area contributed by atoms with Crippen molar-refractivity contribution >= 4 is 0 Å². The van der Waals surface area contributed by atoms with Crippen LogP contribution in [0.15, 0.2) is 24.5 Å². The summed E-state index contributed by atoms with van der Waals surface area (Å²) in [4.78, 5) is 3.96. The van der Waals surface area contributed by atoms with E-state index < -0.39 is 11.6 Å². The first-order chi connectivity index (χ1) is 8.18. The van der Waals surface area contributed by atoms with Crippen LogP contribution in [0.25, 0.3) is 0 Å². The third-order valence-electron chi connectivity index (χ3n) is 2.49. The van der Waals surface area contributed by atoms with E-state index in [1.165, 1.54) is 24.5 Å². The molecule has 1 aromatic carbocycles. The molecule has 0 fully saturated rings. The van der Waals surface area contributed by atoms with Crippen molar-refractivity contribution in [1.29, 1.82) is 0 Å². The number of nitrogens with zero attached hydrogens (tertiary/aromatic N) is 2. The van der Waals surface area contributed by atoms with Crippen LogP contribution in [0.4, 0.5) is 8.78 Å². The number of hydrogen-bond acceptors (Lipinski definition) is 3. The highest BCUT2D eigenvalue weighted by Crippen LogP contribution is 2.13. The Morgan fingerprint density at radius 3 is 2.65 bits per heavy atom. The highest BCUT2D eigenvalue weighted by molar-refractivity contribution is 5.19. The minimum atomic E-state index is -0.553. The molecule has 0 aliphatic carbocycles. The van der Waals surface area contributed by atoms with Gasteiger partial charge in [0.2, 0.25) is 0 Å². The highest BCUT2D eigenvalue weighted by Gasteiger charge is 2.12. The highest BCUT2D eigenvalue weighted by atomic mass is 19.1. The molecule has 0 saturated heterocycles. The summed E-state index contributed by atoms with van der Waals surface area (Å²) in [7, 11) is 0. The lowest BCUT2D eigenvalue weighted by Gasteiger charge is -2.11. The quantitative estimate of drug-likeness (QED) is 0.855. The Morgan fingerprint density at radius 1 is 1.35 bits per heavy atom. The molecule has 0 amide bonds. The third-order valence-corrected chi connectivity index (χ3v) is 2.49. The number of nitrogens with one attached hydrogen (secondary N) is 2. The molecule has 0 aliphatic heterocycles. The predicted molar refractivity (Wildman–Crippen MR) is 58.0 cm³/mol. The maximum absolute atomic E-state index is 13.3. The lowest BCUT2D eigenvalue weighted by molar-refractivity contribution is 0.499. The van der Waals surface area contributed by atoms with Crippen LogP contribution in [0, 0.1) is 11.6 Å². The maximum Gasteiger partial charge on any atom is 0.141 e. The van der Waals surface area contributed by atoms with Gasteiger partial charge in [-0.2, -0.15) is 5.10 Å². The second kappa shape index (κ2) is 5.01. The van der Waals surface area contributed by atoms with Crippen LogP contribution < -0.4 is 5.32 Å². The zero-order chi connectivity index (χ0) is 12.3. The van der Waals surface area contributed by atoms with Gasteiger partial charge in [-0.15, -0.1) is 0 Å². The van der Waals surface area contributed by atoms with E-state index in [-0.39, 0.29) is 18.2 Å². The maximum atomic E-state index is 13.3. The summed E-state index contributed by atoms with van der Waals surface area (Å²) in [5.41, 5.74) is 0.0267. The monoisotopic (exact) mass is 238 g/mol. The summed E-state index contributed by atoms with van der Waals surface area (Å²) in [5.74, 6) is -0.480. The Labute approximate surface area is 97.1 Å². The molecule has 0 aliphatic rings. The van der Waals surface area contributed by atoms with E-state index in [1.807, 2.05) is 6.92 Å². The number of halogens is 2. The van der Waals surface area contributed by atoms with Crippen LogP contribution in [0.3, 0.4) is 0 Å². The van der Waals surface area contributed by atoms with Gasteiger partial charge in [-0.1, -0.05) is 6.07 Å². The Hall–Kier alpha value is -1.82. The smallest absolute Gasteiger partial charge is 0.141 e. The van der Waals surface area contributed by atoms with Gasteiger partial charge in [-0.3, -0.25) is 5.10 Å². The first-order valence-electron chi connectivity index (χ1n) is 5.20. The summed E-state index contributed by atoms with van der Waals surface area (Å²) in [6.07, 6.45) is 1.39. The van der Waals surface area contributed by atoms with Gasteiger partial charge in [0.1, 0.15) is 23.8 Å². The van der Waals surface area contributed by atoms with Crippen LogP contribution in [-0.2, 0) is 6.54 Å². The zero-order valence-electron chi connectivity index (χ0n) is 9.24. The molecule has 0 saturated carbocycles. The summed E-state index contributed by atoms with van der Waals surface area (Å²) in [5, 5.41) is 9.37. The number of H-pyrrole nitrogens is 1. The van der Waals surface area contributed by atoms with E-state index in [0.29, 0.717) is 5.82 Å². The standard InChI is InChI=1S/C11H12F2N4/c1-7(11-15-6-16-17-11)14-5-8-9(12)3-2-4-10(8)13/h2-4,6-7,14H,5H2,1H3,(H,15,16,17). The van der Waals surface area contributed by atoms with Crippen molar-refractivity contribution in [2.45, 2.75) is 19.5 Å². The number of aromatic amines is 1. The molecule has 0 bridgehead atoms. The van der Waals surface area contributed by atoms with Gasteiger partial charge in [0.05, 0.1) is 6.04 Å². The van der Waals surface area contributed by atoms with Crippen molar-refractivity contribution in [3.63, 3.8) is 0 Å². The molecule has 2 aromatic rings. The first kappa shape index (κ1) is 11.7. The second-order valence-corrected chi connectivity index (χ2v) is 3.67. The molecule has 1 aromatic heterocycles. The van der Waals surface area contributed by atoms with Crippen molar-refractivity contribution < 1.29 is 8.78 Å². The SMILES string of the molecule is CC(NCc1c(F)cccc1F)c1ncn[nH]1. The molecule has 1 heterocycles. The lowest BCUT2D eigenvalue weighted by Crippen LogP contribution is -2.20. The largest absolute Gasteiger partial charge is 0.303 e. The van der Waals surface area contributed by atoms with Gasteiger partial charge in [-0.25, -0.2) is 13.8 Å². The van der Waals surface area contributed by atoms with Gasteiger partial charge in [0, 0.05) is 12.1 Å². The Bertz CT molecular complexity index is 464. The molecule has 2 rings (SSSR count). The van der Waals surface area contributed by atoms with Crippen LogP contribution >= 0.6 is 0 Å². The van der Waals surface area contributed by atoms with Crippen molar-refractivity contribution in [3.05, 3.63) is 47.5 Å². The van der Waals surface area contributed by atoms with Gasteiger partial charge < -0.3 is 5.32 Å². The zero-order valence-corrected chi connectivity index (χ0v) is 9.24. The van der Waals surface area contributed by atoms with Crippen LogP contribution in [-0.4, -0.2) is 15.2 Å². The van der Waals surface area contributed by atoms with Gasteiger partial charge >= 0.3 is 0 Å². The van der Waals surface area contributed by atoms with E-state index in [4.69, 9.17) is 0 Å². The lowest BCUT2D eigenvalue weighted by atomic mass is 10.2. The number of benzene rings is 1. The fraction of sp³-hybridized carbons (Fsp3) is 0.273. The van der Waals surface area contributed by atoms with Crippen molar-refractivity contribution in [1.82, 2.24) is 20.5 Å².